The first-order chi connectivity index (χ1) is 12.2. The Kier molecular flexibility index (Phi) is 4.07. The molecule has 3 amide bonds. The van der Waals surface area contributed by atoms with Gasteiger partial charge in [0.15, 0.2) is 0 Å². The molecule has 7 heteroatoms. The van der Waals surface area contributed by atoms with E-state index in [1.165, 1.54) is 0 Å². The molecule has 2 N–H and O–H groups in total. The van der Waals surface area contributed by atoms with Crippen molar-refractivity contribution >= 4 is 39.2 Å². The fraction of sp³-hybridized carbons (Fsp3) is 0.167. The fourth-order valence-electron chi connectivity index (χ4n) is 2.76. The largest absolute Gasteiger partial charge is 0.346 e. The van der Waals surface area contributed by atoms with Crippen molar-refractivity contribution in [2.45, 2.75) is 6.54 Å². The minimum atomic E-state index is -0.156. The third-order valence-corrected chi connectivity index (χ3v) is 5.07. The maximum Gasteiger partial charge on any atom is 0.321 e. The lowest BCUT2D eigenvalue weighted by Gasteiger charge is -2.14. The zero-order chi connectivity index (χ0) is 17.2. The van der Waals surface area contributed by atoms with Gasteiger partial charge < -0.3 is 10.6 Å². The van der Waals surface area contributed by atoms with Crippen LogP contribution in [0.25, 0.3) is 10.2 Å². The van der Waals surface area contributed by atoms with E-state index >= 15 is 0 Å². The molecule has 1 aliphatic rings. The second kappa shape index (κ2) is 6.52. The Hall–Kier alpha value is -2.93. The number of fused-ring (bicyclic) bond motifs is 1. The minimum absolute atomic E-state index is 0.104. The van der Waals surface area contributed by atoms with Crippen molar-refractivity contribution in [1.82, 2.24) is 15.6 Å². The molecule has 0 aliphatic carbocycles. The van der Waals surface area contributed by atoms with Crippen molar-refractivity contribution < 1.29 is 9.59 Å². The molecule has 0 spiro atoms. The number of nitrogens with zero attached hydrogens (tertiary/aromatic N) is 2. The van der Waals surface area contributed by atoms with E-state index in [9.17, 15) is 9.59 Å². The average Bonchev–Trinajstić information content (AvgIpc) is 3.25. The molecule has 1 fully saturated rings. The van der Waals surface area contributed by atoms with E-state index in [4.69, 9.17) is 0 Å². The van der Waals surface area contributed by atoms with Crippen LogP contribution in [0.5, 0.6) is 0 Å². The molecule has 0 radical (unpaired) electrons. The van der Waals surface area contributed by atoms with Crippen molar-refractivity contribution in [3.8, 4) is 0 Å². The van der Waals surface area contributed by atoms with E-state index in [1.807, 2.05) is 24.3 Å². The van der Waals surface area contributed by atoms with Crippen LogP contribution in [-0.2, 0) is 6.54 Å². The first-order valence-electron chi connectivity index (χ1n) is 7.99. The lowest BCUT2D eigenvalue weighted by atomic mass is 10.2. The molecular weight excluding hydrogens is 336 g/mol. The molecule has 0 bridgehead atoms. The molecule has 0 atom stereocenters. The van der Waals surface area contributed by atoms with E-state index in [1.54, 1.807) is 40.5 Å². The summed E-state index contributed by atoms with van der Waals surface area (Å²) in [6.45, 7) is 1.68. The van der Waals surface area contributed by atoms with Crippen LogP contribution in [0.3, 0.4) is 0 Å². The summed E-state index contributed by atoms with van der Waals surface area (Å²) in [4.78, 5) is 30.1. The number of urea groups is 1. The molecule has 4 rings (SSSR count). The third-order valence-electron chi connectivity index (χ3n) is 4.04. The van der Waals surface area contributed by atoms with Gasteiger partial charge in [0.05, 0.1) is 16.8 Å². The number of benzene rings is 2. The Morgan fingerprint density at radius 2 is 2.00 bits per heavy atom. The zero-order valence-electron chi connectivity index (χ0n) is 13.4. The Bertz CT molecular complexity index is 903. The number of para-hydroxylation sites is 1. The normalized spacial score (nSPS) is 13.9. The van der Waals surface area contributed by atoms with Crippen molar-refractivity contribution in [2.75, 3.05) is 18.0 Å². The number of aromatic nitrogens is 1. The average molecular weight is 352 g/mol. The van der Waals surface area contributed by atoms with E-state index in [2.05, 4.69) is 15.6 Å². The molecule has 1 aliphatic heterocycles. The summed E-state index contributed by atoms with van der Waals surface area (Å²) < 4.78 is 1.11. The van der Waals surface area contributed by atoms with Crippen LogP contribution in [-0.4, -0.2) is 30.0 Å². The van der Waals surface area contributed by atoms with Gasteiger partial charge in [0.25, 0.3) is 5.91 Å². The van der Waals surface area contributed by atoms with Crippen molar-refractivity contribution in [3.05, 3.63) is 59.1 Å². The van der Waals surface area contributed by atoms with Crippen LogP contribution < -0.4 is 15.5 Å². The van der Waals surface area contributed by atoms with E-state index in [0.717, 1.165) is 20.9 Å². The zero-order valence-corrected chi connectivity index (χ0v) is 14.2. The number of carbonyl (C=O) groups excluding carboxylic acids is 2. The predicted molar refractivity (Wildman–Crippen MR) is 98.0 cm³/mol. The summed E-state index contributed by atoms with van der Waals surface area (Å²) in [5.74, 6) is -0.156. The maximum absolute atomic E-state index is 12.3. The minimum Gasteiger partial charge on any atom is -0.346 e. The van der Waals surface area contributed by atoms with Gasteiger partial charge in [0, 0.05) is 24.3 Å². The number of carbonyl (C=O) groups is 2. The molecule has 2 aromatic carbocycles. The first-order valence-corrected chi connectivity index (χ1v) is 8.80. The lowest BCUT2D eigenvalue weighted by Crippen LogP contribution is -2.27. The molecule has 0 saturated carbocycles. The lowest BCUT2D eigenvalue weighted by molar-refractivity contribution is 0.0951. The van der Waals surface area contributed by atoms with Gasteiger partial charge >= 0.3 is 6.03 Å². The Morgan fingerprint density at radius 3 is 2.72 bits per heavy atom. The summed E-state index contributed by atoms with van der Waals surface area (Å²) in [5.41, 5.74) is 2.30. The van der Waals surface area contributed by atoms with Gasteiger partial charge in [-0.3, -0.25) is 9.69 Å². The molecule has 6 nitrogen and oxygen atoms in total. The Balaban J connectivity index is 1.41. The van der Waals surface area contributed by atoms with Gasteiger partial charge in [-0.25, -0.2) is 9.78 Å². The molecule has 0 unspecified atom stereocenters. The van der Waals surface area contributed by atoms with Crippen molar-refractivity contribution in [2.24, 2.45) is 0 Å². The van der Waals surface area contributed by atoms with Gasteiger partial charge in [-0.05, 0) is 36.4 Å². The summed E-state index contributed by atoms with van der Waals surface area (Å²) in [5, 5.41) is 6.52. The number of thiazole rings is 1. The standard InChI is InChI=1S/C18H16N4O2S/c23-17(20-11-16-21-14-3-1-2-4-15(14)25-16)12-5-7-13(8-6-12)22-10-9-19-18(22)24/h1-8H,9-11H2,(H,19,24)(H,20,23). The maximum atomic E-state index is 12.3. The quantitative estimate of drug-likeness (QED) is 0.758. The number of amides is 3. The van der Waals surface area contributed by atoms with Crippen LogP contribution in [0.4, 0.5) is 10.5 Å². The number of hydrogen-bond donors (Lipinski definition) is 2. The predicted octanol–water partition coefficient (Wildman–Crippen LogP) is 2.76. The van der Waals surface area contributed by atoms with Crippen LogP contribution >= 0.6 is 11.3 Å². The molecule has 25 heavy (non-hydrogen) atoms. The monoisotopic (exact) mass is 352 g/mol. The van der Waals surface area contributed by atoms with Gasteiger partial charge in [-0.1, -0.05) is 12.1 Å². The summed E-state index contributed by atoms with van der Waals surface area (Å²) in [6.07, 6.45) is 0. The van der Waals surface area contributed by atoms with Crippen LogP contribution in [0.15, 0.2) is 48.5 Å². The van der Waals surface area contributed by atoms with Crippen molar-refractivity contribution in [3.63, 3.8) is 0 Å². The highest BCUT2D eigenvalue weighted by atomic mass is 32.1. The van der Waals surface area contributed by atoms with Gasteiger partial charge in [-0.2, -0.15) is 0 Å². The molecule has 2 heterocycles. The van der Waals surface area contributed by atoms with Gasteiger partial charge in [0.1, 0.15) is 5.01 Å². The fourth-order valence-corrected chi connectivity index (χ4v) is 3.67. The Labute approximate surface area is 148 Å². The highest BCUT2D eigenvalue weighted by Crippen LogP contribution is 2.21. The highest BCUT2D eigenvalue weighted by molar-refractivity contribution is 7.18. The van der Waals surface area contributed by atoms with E-state index in [-0.39, 0.29) is 11.9 Å². The van der Waals surface area contributed by atoms with Crippen molar-refractivity contribution in [1.29, 1.82) is 0 Å². The number of anilines is 1. The topological polar surface area (TPSA) is 74.3 Å². The van der Waals surface area contributed by atoms with Crippen LogP contribution in [0.1, 0.15) is 15.4 Å². The SMILES string of the molecule is O=C(NCc1nc2ccccc2s1)c1ccc(N2CCNC2=O)cc1. The molecule has 3 aromatic rings. The smallest absolute Gasteiger partial charge is 0.321 e. The summed E-state index contributed by atoms with van der Waals surface area (Å²) >= 11 is 1.58. The van der Waals surface area contributed by atoms with Crippen LogP contribution in [0.2, 0.25) is 0 Å². The van der Waals surface area contributed by atoms with Gasteiger partial charge in [-0.15, -0.1) is 11.3 Å². The second-order valence-corrected chi connectivity index (χ2v) is 6.80. The van der Waals surface area contributed by atoms with E-state index in [0.29, 0.717) is 25.2 Å². The third kappa shape index (κ3) is 3.18. The number of rotatable bonds is 4. The number of hydrogen-bond acceptors (Lipinski definition) is 4. The first kappa shape index (κ1) is 15.6. The van der Waals surface area contributed by atoms with Gasteiger partial charge in [0.2, 0.25) is 0 Å². The number of nitrogens with one attached hydrogen (secondary N) is 2. The van der Waals surface area contributed by atoms with Crippen LogP contribution in [0, 0.1) is 0 Å². The molecular formula is C18H16N4O2S. The highest BCUT2D eigenvalue weighted by Gasteiger charge is 2.21. The summed E-state index contributed by atoms with van der Waals surface area (Å²) in [6, 6.07) is 14.8. The molecule has 126 valence electrons. The Morgan fingerprint density at radius 1 is 1.20 bits per heavy atom. The van der Waals surface area contributed by atoms with E-state index < -0.39 is 0 Å². The molecule has 1 saturated heterocycles. The summed E-state index contributed by atoms with van der Waals surface area (Å²) in [7, 11) is 0. The second-order valence-electron chi connectivity index (χ2n) is 5.69. The molecule has 1 aromatic heterocycles.